The minimum absolute atomic E-state index is 0.0499. The SMILES string of the molecule is CC1CC1C(=O)Nc1nc(CCCC(=O)O)cs1. The summed E-state index contributed by atoms with van der Waals surface area (Å²) in [7, 11) is 0. The van der Waals surface area contributed by atoms with Gasteiger partial charge < -0.3 is 10.4 Å². The lowest BCUT2D eigenvalue weighted by Crippen LogP contribution is -2.14. The van der Waals surface area contributed by atoms with Crippen LogP contribution >= 0.6 is 11.3 Å². The molecule has 5 nitrogen and oxygen atoms in total. The Hall–Kier alpha value is -1.43. The first kappa shape index (κ1) is 13.0. The number of carboxylic acids is 1. The van der Waals surface area contributed by atoms with E-state index >= 15 is 0 Å². The number of carboxylic acid groups (broad SMARTS) is 1. The molecule has 0 spiro atoms. The molecule has 0 bridgehead atoms. The van der Waals surface area contributed by atoms with E-state index in [1.54, 1.807) is 0 Å². The Morgan fingerprint density at radius 1 is 1.61 bits per heavy atom. The zero-order valence-corrected chi connectivity index (χ0v) is 11.0. The molecule has 0 aliphatic heterocycles. The van der Waals surface area contributed by atoms with Crippen LogP contribution in [0.15, 0.2) is 5.38 Å². The number of nitrogens with zero attached hydrogens (tertiary/aromatic N) is 1. The molecule has 1 heterocycles. The molecule has 1 aliphatic carbocycles. The lowest BCUT2D eigenvalue weighted by atomic mass is 10.2. The number of anilines is 1. The largest absolute Gasteiger partial charge is 0.481 e. The van der Waals surface area contributed by atoms with Crippen LogP contribution in [0.4, 0.5) is 5.13 Å². The van der Waals surface area contributed by atoms with Crippen LogP contribution in [0, 0.1) is 11.8 Å². The summed E-state index contributed by atoms with van der Waals surface area (Å²) in [5, 5.41) is 13.8. The number of carbonyl (C=O) groups is 2. The van der Waals surface area contributed by atoms with Crippen molar-refractivity contribution < 1.29 is 14.7 Å². The van der Waals surface area contributed by atoms with Crippen molar-refractivity contribution in [3.8, 4) is 0 Å². The highest BCUT2D eigenvalue weighted by Crippen LogP contribution is 2.38. The average Bonchev–Trinajstić information content (AvgIpc) is 2.86. The topological polar surface area (TPSA) is 79.3 Å². The van der Waals surface area contributed by atoms with Crippen LogP contribution in [0.25, 0.3) is 0 Å². The van der Waals surface area contributed by atoms with Gasteiger partial charge in [-0.15, -0.1) is 11.3 Å². The van der Waals surface area contributed by atoms with Crippen LogP contribution in [-0.2, 0) is 16.0 Å². The molecule has 1 aromatic rings. The van der Waals surface area contributed by atoms with Gasteiger partial charge in [0.1, 0.15) is 0 Å². The molecule has 1 amide bonds. The third kappa shape index (κ3) is 3.53. The summed E-state index contributed by atoms with van der Waals surface area (Å²) in [6.45, 7) is 2.06. The number of aromatic nitrogens is 1. The average molecular weight is 268 g/mol. The van der Waals surface area contributed by atoms with E-state index in [1.807, 2.05) is 5.38 Å². The third-order valence-corrected chi connectivity index (χ3v) is 3.86. The summed E-state index contributed by atoms with van der Waals surface area (Å²) in [5.74, 6) is -0.111. The number of nitrogens with one attached hydrogen (secondary N) is 1. The molecule has 1 aliphatic rings. The van der Waals surface area contributed by atoms with E-state index in [1.165, 1.54) is 11.3 Å². The Morgan fingerprint density at radius 3 is 2.94 bits per heavy atom. The minimum Gasteiger partial charge on any atom is -0.481 e. The zero-order chi connectivity index (χ0) is 13.1. The number of hydrogen-bond acceptors (Lipinski definition) is 4. The third-order valence-electron chi connectivity index (χ3n) is 3.05. The maximum absolute atomic E-state index is 11.7. The molecule has 2 N–H and O–H groups in total. The molecule has 1 fully saturated rings. The van der Waals surface area contributed by atoms with Crippen LogP contribution in [0.1, 0.15) is 31.9 Å². The zero-order valence-electron chi connectivity index (χ0n) is 10.2. The normalized spacial score (nSPS) is 21.6. The maximum atomic E-state index is 11.7. The molecule has 1 aromatic heterocycles. The smallest absolute Gasteiger partial charge is 0.303 e. The molecule has 0 radical (unpaired) electrons. The first-order valence-corrected chi connectivity index (χ1v) is 6.91. The van der Waals surface area contributed by atoms with Gasteiger partial charge in [-0.1, -0.05) is 6.92 Å². The number of aryl methyl sites for hydroxylation is 1. The van der Waals surface area contributed by atoms with E-state index in [4.69, 9.17) is 5.11 Å². The van der Waals surface area contributed by atoms with Crippen molar-refractivity contribution in [3.63, 3.8) is 0 Å². The summed E-state index contributed by atoms with van der Waals surface area (Å²) in [5.41, 5.74) is 0.848. The number of carbonyl (C=O) groups excluding carboxylic acids is 1. The quantitative estimate of drug-likeness (QED) is 0.828. The predicted octanol–water partition coefficient (Wildman–Crippen LogP) is 2.14. The van der Waals surface area contributed by atoms with Gasteiger partial charge in [-0.05, 0) is 25.2 Å². The number of thiazole rings is 1. The summed E-state index contributed by atoms with van der Waals surface area (Å²) in [6, 6.07) is 0. The van der Waals surface area contributed by atoms with Gasteiger partial charge >= 0.3 is 5.97 Å². The van der Waals surface area contributed by atoms with Gasteiger partial charge in [-0.2, -0.15) is 0 Å². The van der Waals surface area contributed by atoms with E-state index in [9.17, 15) is 9.59 Å². The van der Waals surface area contributed by atoms with Gasteiger partial charge in [0, 0.05) is 17.7 Å². The van der Waals surface area contributed by atoms with Crippen molar-refractivity contribution >= 4 is 28.3 Å². The van der Waals surface area contributed by atoms with Gasteiger partial charge in [0.25, 0.3) is 0 Å². The summed E-state index contributed by atoms with van der Waals surface area (Å²) < 4.78 is 0. The first-order valence-electron chi connectivity index (χ1n) is 6.03. The predicted molar refractivity (Wildman–Crippen MR) is 68.6 cm³/mol. The van der Waals surface area contributed by atoms with E-state index in [0.717, 1.165) is 12.1 Å². The highest BCUT2D eigenvalue weighted by atomic mass is 32.1. The molecule has 0 aromatic carbocycles. The molecule has 2 rings (SSSR count). The Labute approximate surface area is 109 Å². The Bertz CT molecular complexity index is 458. The first-order chi connectivity index (χ1) is 8.56. The van der Waals surface area contributed by atoms with Crippen molar-refractivity contribution in [2.24, 2.45) is 11.8 Å². The molecule has 2 atom stereocenters. The molecule has 98 valence electrons. The molecule has 18 heavy (non-hydrogen) atoms. The Morgan fingerprint density at radius 2 is 2.33 bits per heavy atom. The van der Waals surface area contributed by atoms with Crippen LogP contribution in [-0.4, -0.2) is 22.0 Å². The van der Waals surface area contributed by atoms with Crippen molar-refractivity contribution in [1.82, 2.24) is 4.98 Å². The second-order valence-corrected chi connectivity index (χ2v) is 5.56. The lowest BCUT2D eigenvalue weighted by Gasteiger charge is -1.98. The van der Waals surface area contributed by atoms with Gasteiger partial charge in [0.2, 0.25) is 5.91 Å². The fraction of sp³-hybridized carbons (Fsp3) is 0.583. The number of amides is 1. The molecular weight excluding hydrogens is 252 g/mol. The maximum Gasteiger partial charge on any atom is 0.303 e. The van der Waals surface area contributed by atoms with Crippen LogP contribution < -0.4 is 5.32 Å². The van der Waals surface area contributed by atoms with Crippen molar-refractivity contribution in [2.45, 2.75) is 32.6 Å². The molecule has 0 saturated heterocycles. The van der Waals surface area contributed by atoms with E-state index in [2.05, 4.69) is 17.2 Å². The number of hydrogen-bond donors (Lipinski definition) is 2. The summed E-state index contributed by atoms with van der Waals surface area (Å²) >= 11 is 1.39. The molecule has 1 saturated carbocycles. The fourth-order valence-electron chi connectivity index (χ4n) is 1.79. The summed E-state index contributed by atoms with van der Waals surface area (Å²) in [4.78, 5) is 26.3. The monoisotopic (exact) mass is 268 g/mol. The molecule has 6 heteroatoms. The van der Waals surface area contributed by atoms with E-state index in [0.29, 0.717) is 23.9 Å². The number of aliphatic carboxylic acids is 1. The minimum atomic E-state index is -0.790. The van der Waals surface area contributed by atoms with Crippen molar-refractivity contribution in [2.75, 3.05) is 5.32 Å². The van der Waals surface area contributed by atoms with Gasteiger partial charge in [0.05, 0.1) is 5.69 Å². The number of rotatable bonds is 6. The second-order valence-electron chi connectivity index (χ2n) is 4.70. The van der Waals surface area contributed by atoms with E-state index < -0.39 is 5.97 Å². The fourth-order valence-corrected chi connectivity index (χ4v) is 2.53. The second kappa shape index (κ2) is 5.48. The summed E-state index contributed by atoms with van der Waals surface area (Å²) in [6.07, 6.45) is 2.33. The Kier molecular flexibility index (Phi) is 3.96. The van der Waals surface area contributed by atoms with Gasteiger partial charge in [0.15, 0.2) is 5.13 Å². The van der Waals surface area contributed by atoms with Crippen molar-refractivity contribution in [3.05, 3.63) is 11.1 Å². The highest BCUT2D eigenvalue weighted by molar-refractivity contribution is 7.13. The van der Waals surface area contributed by atoms with Gasteiger partial charge in [-0.3, -0.25) is 9.59 Å². The molecular formula is C12H16N2O3S. The standard InChI is InChI=1S/C12H16N2O3S/c1-7-5-9(7)11(17)14-12-13-8(6-18-12)3-2-4-10(15)16/h6-7,9H,2-5H2,1H3,(H,15,16)(H,13,14,17). The Balaban J connectivity index is 1.78. The van der Waals surface area contributed by atoms with Crippen LogP contribution in [0.3, 0.4) is 0 Å². The highest BCUT2D eigenvalue weighted by Gasteiger charge is 2.39. The van der Waals surface area contributed by atoms with E-state index in [-0.39, 0.29) is 18.2 Å². The van der Waals surface area contributed by atoms with Crippen LogP contribution in [0.5, 0.6) is 0 Å². The van der Waals surface area contributed by atoms with Crippen LogP contribution in [0.2, 0.25) is 0 Å². The lowest BCUT2D eigenvalue weighted by molar-refractivity contribution is -0.137. The van der Waals surface area contributed by atoms with Crippen molar-refractivity contribution in [1.29, 1.82) is 0 Å². The van der Waals surface area contributed by atoms with Gasteiger partial charge in [-0.25, -0.2) is 4.98 Å². The molecule has 2 unspecified atom stereocenters.